The molecule has 1 aromatic rings. The largest absolute Gasteiger partial charge is 0.384 e. The number of aromatic nitrogens is 2. The third-order valence-electron chi connectivity index (χ3n) is 4.14. The number of amides is 2. The molecule has 1 aliphatic carbocycles. The minimum absolute atomic E-state index is 0.0144. The van der Waals surface area contributed by atoms with E-state index >= 15 is 0 Å². The van der Waals surface area contributed by atoms with Gasteiger partial charge in [-0.25, -0.2) is 0 Å². The molecule has 1 fully saturated rings. The van der Waals surface area contributed by atoms with Crippen LogP contribution in [-0.2, 0) is 27.9 Å². The Bertz CT molecular complexity index is 579. The molecule has 0 spiro atoms. The Morgan fingerprint density at radius 3 is 2.91 bits per heavy atom. The second-order valence-corrected chi connectivity index (χ2v) is 6.07. The number of nitrogens with zero attached hydrogens (tertiary/aromatic N) is 3. The van der Waals surface area contributed by atoms with Crippen molar-refractivity contribution in [2.45, 2.75) is 37.8 Å². The second-order valence-electron chi connectivity index (χ2n) is 6.07. The summed E-state index contributed by atoms with van der Waals surface area (Å²) in [6, 6.07) is 0.305. The summed E-state index contributed by atoms with van der Waals surface area (Å²) in [5.41, 5.74) is 1.76. The summed E-state index contributed by atoms with van der Waals surface area (Å²) in [5, 5.41) is 7.46. The SMILES string of the molecule is COCCC(=O)N1Cc2cn(C)nc2[C@@H](C(=O)NC2CC2)C1. The Labute approximate surface area is 129 Å². The van der Waals surface area contributed by atoms with Gasteiger partial charge in [0, 0.05) is 45.0 Å². The number of aryl methyl sites for hydroxylation is 1. The van der Waals surface area contributed by atoms with Crippen molar-refractivity contribution in [3.05, 3.63) is 17.5 Å². The number of hydrogen-bond acceptors (Lipinski definition) is 4. The minimum Gasteiger partial charge on any atom is -0.384 e. The number of nitrogens with one attached hydrogen (secondary N) is 1. The van der Waals surface area contributed by atoms with Gasteiger partial charge in [0.25, 0.3) is 0 Å². The molecule has 0 unspecified atom stereocenters. The molecule has 0 radical (unpaired) electrons. The molecule has 1 saturated carbocycles. The van der Waals surface area contributed by atoms with Gasteiger partial charge in [0.1, 0.15) is 0 Å². The van der Waals surface area contributed by atoms with E-state index in [9.17, 15) is 9.59 Å². The van der Waals surface area contributed by atoms with Crippen molar-refractivity contribution in [1.29, 1.82) is 0 Å². The molecule has 1 atom stereocenters. The molecule has 7 heteroatoms. The first-order valence-corrected chi connectivity index (χ1v) is 7.68. The van der Waals surface area contributed by atoms with Crippen LogP contribution in [-0.4, -0.2) is 52.8 Å². The van der Waals surface area contributed by atoms with Crippen LogP contribution in [0.3, 0.4) is 0 Å². The molecule has 2 amide bonds. The van der Waals surface area contributed by atoms with Crippen LogP contribution in [0.2, 0.25) is 0 Å². The first-order valence-electron chi connectivity index (χ1n) is 7.68. The number of hydrogen-bond donors (Lipinski definition) is 1. The van der Waals surface area contributed by atoms with E-state index in [1.165, 1.54) is 0 Å². The van der Waals surface area contributed by atoms with Crippen LogP contribution in [0.15, 0.2) is 6.20 Å². The lowest BCUT2D eigenvalue weighted by Gasteiger charge is -2.31. The van der Waals surface area contributed by atoms with Gasteiger partial charge in [0.15, 0.2) is 0 Å². The molecule has 3 rings (SSSR count). The number of carbonyl (C=O) groups excluding carboxylic acids is 2. The number of carbonyl (C=O) groups is 2. The second kappa shape index (κ2) is 6.08. The fraction of sp³-hybridized carbons (Fsp3) is 0.667. The summed E-state index contributed by atoms with van der Waals surface area (Å²) in [4.78, 5) is 26.5. The minimum atomic E-state index is -0.378. The van der Waals surface area contributed by atoms with Crippen molar-refractivity contribution >= 4 is 11.8 Å². The van der Waals surface area contributed by atoms with Crippen molar-refractivity contribution in [1.82, 2.24) is 20.0 Å². The van der Waals surface area contributed by atoms with Gasteiger partial charge in [-0.15, -0.1) is 0 Å². The van der Waals surface area contributed by atoms with E-state index in [0.29, 0.717) is 32.2 Å². The van der Waals surface area contributed by atoms with E-state index in [0.717, 1.165) is 24.1 Å². The highest BCUT2D eigenvalue weighted by molar-refractivity contribution is 5.86. The Kier molecular flexibility index (Phi) is 4.15. The normalized spacial score (nSPS) is 20.6. The maximum Gasteiger partial charge on any atom is 0.231 e. The van der Waals surface area contributed by atoms with E-state index in [-0.39, 0.29) is 17.7 Å². The Balaban J connectivity index is 1.77. The fourth-order valence-electron chi connectivity index (χ4n) is 2.82. The van der Waals surface area contributed by atoms with E-state index < -0.39 is 0 Å². The predicted octanol–water partition coefficient (Wildman–Crippen LogP) is 0.161. The molecule has 7 nitrogen and oxygen atoms in total. The zero-order valence-corrected chi connectivity index (χ0v) is 13.0. The summed E-state index contributed by atoms with van der Waals surface area (Å²) in [5.74, 6) is -0.385. The molecule has 0 bridgehead atoms. The highest BCUT2D eigenvalue weighted by Crippen LogP contribution is 2.29. The first kappa shape index (κ1) is 15.0. The molecular weight excluding hydrogens is 284 g/mol. The van der Waals surface area contributed by atoms with Crippen LogP contribution >= 0.6 is 0 Å². The van der Waals surface area contributed by atoms with Gasteiger partial charge in [-0.05, 0) is 12.8 Å². The standard InChI is InChI=1S/C15H22N4O3/c1-18-7-10-8-19(13(20)5-6-22-2)9-12(14(10)17-18)15(21)16-11-3-4-11/h7,11-12H,3-6,8-9H2,1-2H3,(H,16,21)/t12-/m0/s1. The molecule has 2 heterocycles. The van der Waals surface area contributed by atoms with Crippen molar-refractivity contribution in [3.8, 4) is 0 Å². The number of methoxy groups -OCH3 is 1. The van der Waals surface area contributed by atoms with Crippen LogP contribution in [0.1, 0.15) is 36.4 Å². The number of rotatable bonds is 5. The molecule has 120 valence electrons. The number of fused-ring (bicyclic) bond motifs is 1. The number of ether oxygens (including phenoxy) is 1. The average molecular weight is 306 g/mol. The third-order valence-corrected chi connectivity index (χ3v) is 4.14. The average Bonchev–Trinajstić information content (AvgIpc) is 3.21. The van der Waals surface area contributed by atoms with Gasteiger partial charge >= 0.3 is 0 Å². The molecule has 1 N–H and O–H groups in total. The van der Waals surface area contributed by atoms with Gasteiger partial charge < -0.3 is 15.0 Å². The lowest BCUT2D eigenvalue weighted by atomic mass is 9.95. The van der Waals surface area contributed by atoms with Gasteiger partial charge in [-0.2, -0.15) is 5.10 Å². The monoisotopic (exact) mass is 306 g/mol. The highest BCUT2D eigenvalue weighted by Gasteiger charge is 2.36. The van der Waals surface area contributed by atoms with Crippen molar-refractivity contribution in [2.24, 2.45) is 7.05 Å². The smallest absolute Gasteiger partial charge is 0.231 e. The van der Waals surface area contributed by atoms with Crippen LogP contribution in [0.25, 0.3) is 0 Å². The van der Waals surface area contributed by atoms with Crippen LogP contribution < -0.4 is 5.32 Å². The van der Waals surface area contributed by atoms with Crippen LogP contribution in [0, 0.1) is 0 Å². The molecule has 2 aliphatic rings. The van der Waals surface area contributed by atoms with Crippen LogP contribution in [0.5, 0.6) is 0 Å². The maximum absolute atomic E-state index is 12.5. The van der Waals surface area contributed by atoms with Gasteiger partial charge in [0.05, 0.1) is 24.6 Å². The summed E-state index contributed by atoms with van der Waals surface area (Å²) < 4.78 is 6.68. The third kappa shape index (κ3) is 3.14. The zero-order chi connectivity index (χ0) is 15.7. The lowest BCUT2D eigenvalue weighted by molar-refractivity contribution is -0.134. The molecular formula is C15H22N4O3. The van der Waals surface area contributed by atoms with Crippen molar-refractivity contribution < 1.29 is 14.3 Å². The Morgan fingerprint density at radius 2 is 2.23 bits per heavy atom. The summed E-state index contributed by atoms with van der Waals surface area (Å²) >= 11 is 0. The van der Waals surface area contributed by atoms with E-state index in [1.54, 1.807) is 16.7 Å². The van der Waals surface area contributed by atoms with Gasteiger partial charge in [0.2, 0.25) is 11.8 Å². The molecule has 22 heavy (non-hydrogen) atoms. The summed E-state index contributed by atoms with van der Waals surface area (Å²) in [6.45, 7) is 1.30. The maximum atomic E-state index is 12.5. The van der Waals surface area contributed by atoms with E-state index in [2.05, 4.69) is 10.4 Å². The molecule has 0 aromatic carbocycles. The predicted molar refractivity (Wildman–Crippen MR) is 79.0 cm³/mol. The van der Waals surface area contributed by atoms with Gasteiger partial charge in [-0.1, -0.05) is 0 Å². The first-order chi connectivity index (χ1) is 10.6. The Morgan fingerprint density at radius 1 is 1.45 bits per heavy atom. The van der Waals surface area contributed by atoms with E-state index in [1.807, 2.05) is 13.2 Å². The summed E-state index contributed by atoms with van der Waals surface area (Å²) in [7, 11) is 3.42. The van der Waals surface area contributed by atoms with Gasteiger partial charge in [-0.3, -0.25) is 14.3 Å². The van der Waals surface area contributed by atoms with E-state index in [4.69, 9.17) is 4.74 Å². The molecule has 1 aliphatic heterocycles. The molecule has 1 aromatic heterocycles. The topological polar surface area (TPSA) is 76.5 Å². The Hall–Kier alpha value is -1.89. The van der Waals surface area contributed by atoms with Crippen LogP contribution in [0.4, 0.5) is 0 Å². The van der Waals surface area contributed by atoms with Crippen molar-refractivity contribution in [2.75, 3.05) is 20.3 Å². The molecule has 0 saturated heterocycles. The fourth-order valence-corrected chi connectivity index (χ4v) is 2.82. The lowest BCUT2D eigenvalue weighted by Crippen LogP contribution is -2.44. The zero-order valence-electron chi connectivity index (χ0n) is 13.0. The van der Waals surface area contributed by atoms with Crippen molar-refractivity contribution in [3.63, 3.8) is 0 Å². The quantitative estimate of drug-likeness (QED) is 0.841. The summed E-state index contributed by atoms with van der Waals surface area (Å²) in [6.07, 6.45) is 4.32. The highest BCUT2D eigenvalue weighted by atomic mass is 16.5.